The zero-order valence-corrected chi connectivity index (χ0v) is 9.52. The summed E-state index contributed by atoms with van der Waals surface area (Å²) in [4.78, 5) is 4.43. The fraction of sp³-hybridized carbons (Fsp3) is 0.182. The molecule has 1 heterocycles. The number of pyridine rings is 1. The maximum absolute atomic E-state index is 6.05. The summed E-state index contributed by atoms with van der Waals surface area (Å²) >= 11 is 12.1. The minimum Gasteiger partial charge on any atom is -0.330 e. The van der Waals surface area contributed by atoms with Crippen LogP contribution in [-0.4, -0.2) is 11.5 Å². The quantitative estimate of drug-likeness (QED) is 0.877. The molecular formula is C11H10Cl2N2. The Morgan fingerprint density at radius 1 is 1.07 bits per heavy atom. The van der Waals surface area contributed by atoms with E-state index in [9.17, 15) is 0 Å². The Balaban J connectivity index is 2.65. The monoisotopic (exact) mass is 240 g/mol. The smallest absolute Gasteiger partial charge is 0.0906 e. The van der Waals surface area contributed by atoms with Gasteiger partial charge in [-0.3, -0.25) is 4.98 Å². The average molecular weight is 241 g/mol. The van der Waals surface area contributed by atoms with E-state index in [1.54, 1.807) is 12.1 Å². The summed E-state index contributed by atoms with van der Waals surface area (Å²) in [5.41, 5.74) is 7.16. The maximum Gasteiger partial charge on any atom is 0.0906 e. The molecule has 0 aliphatic rings. The minimum absolute atomic E-state index is 0.580. The van der Waals surface area contributed by atoms with Crippen molar-refractivity contribution >= 4 is 34.1 Å². The average Bonchev–Trinajstić information content (AvgIpc) is 2.24. The molecule has 78 valence electrons. The summed E-state index contributed by atoms with van der Waals surface area (Å²) < 4.78 is 0. The van der Waals surface area contributed by atoms with Gasteiger partial charge in [-0.2, -0.15) is 0 Å². The van der Waals surface area contributed by atoms with Crippen molar-refractivity contribution in [1.29, 1.82) is 0 Å². The van der Waals surface area contributed by atoms with Crippen molar-refractivity contribution in [2.24, 2.45) is 5.73 Å². The Bertz CT molecular complexity index is 497. The minimum atomic E-state index is 0.580. The number of aromatic nitrogens is 1. The van der Waals surface area contributed by atoms with Gasteiger partial charge < -0.3 is 5.73 Å². The highest BCUT2D eigenvalue weighted by molar-refractivity contribution is 6.39. The highest BCUT2D eigenvalue weighted by Gasteiger charge is 2.05. The zero-order valence-electron chi connectivity index (χ0n) is 8.00. The molecule has 0 atom stereocenters. The number of nitrogens with two attached hydrogens (primary N) is 1. The molecule has 4 heteroatoms. The standard InChI is InChI=1S/C11H10Cl2N2/c12-9-3-4-10(13)11-8(9)2-1-7(15-11)5-6-14/h1-4H,5-6,14H2. The molecule has 15 heavy (non-hydrogen) atoms. The predicted molar refractivity (Wildman–Crippen MR) is 64.5 cm³/mol. The highest BCUT2D eigenvalue weighted by Crippen LogP contribution is 2.28. The van der Waals surface area contributed by atoms with Crippen molar-refractivity contribution in [2.75, 3.05) is 6.54 Å². The van der Waals surface area contributed by atoms with Crippen LogP contribution in [0, 0.1) is 0 Å². The predicted octanol–water partition coefficient (Wildman–Crippen LogP) is 3.04. The van der Waals surface area contributed by atoms with Crippen LogP contribution < -0.4 is 5.73 Å². The molecule has 0 unspecified atom stereocenters. The molecule has 0 saturated carbocycles. The lowest BCUT2D eigenvalue weighted by Gasteiger charge is -2.04. The van der Waals surface area contributed by atoms with Gasteiger partial charge in [0.15, 0.2) is 0 Å². The van der Waals surface area contributed by atoms with Gasteiger partial charge in [-0.05, 0) is 30.8 Å². The first-order chi connectivity index (χ1) is 7.22. The first kappa shape index (κ1) is 10.7. The van der Waals surface area contributed by atoms with Gasteiger partial charge in [-0.1, -0.05) is 23.2 Å². The van der Waals surface area contributed by atoms with Crippen LogP contribution in [0.5, 0.6) is 0 Å². The third kappa shape index (κ3) is 2.07. The summed E-state index contributed by atoms with van der Waals surface area (Å²) in [6.07, 6.45) is 0.749. The molecule has 0 radical (unpaired) electrons. The van der Waals surface area contributed by atoms with Crippen LogP contribution >= 0.6 is 23.2 Å². The zero-order chi connectivity index (χ0) is 10.8. The third-order valence-corrected chi connectivity index (χ3v) is 2.85. The Kier molecular flexibility index (Phi) is 3.10. The fourth-order valence-corrected chi connectivity index (χ4v) is 1.90. The van der Waals surface area contributed by atoms with Crippen molar-refractivity contribution in [3.05, 3.63) is 40.0 Å². The first-order valence-corrected chi connectivity index (χ1v) is 5.41. The van der Waals surface area contributed by atoms with Crippen molar-refractivity contribution in [3.8, 4) is 0 Å². The number of benzene rings is 1. The van der Waals surface area contributed by atoms with E-state index in [0.717, 1.165) is 23.0 Å². The topological polar surface area (TPSA) is 38.9 Å². The van der Waals surface area contributed by atoms with E-state index in [1.165, 1.54) is 0 Å². The van der Waals surface area contributed by atoms with E-state index >= 15 is 0 Å². The van der Waals surface area contributed by atoms with Gasteiger partial charge in [-0.25, -0.2) is 0 Å². The third-order valence-electron chi connectivity index (χ3n) is 2.21. The summed E-state index contributed by atoms with van der Waals surface area (Å²) in [6.45, 7) is 0.580. The molecule has 0 bridgehead atoms. The van der Waals surface area contributed by atoms with Crippen molar-refractivity contribution in [3.63, 3.8) is 0 Å². The molecule has 0 spiro atoms. The van der Waals surface area contributed by atoms with Crippen LogP contribution in [0.15, 0.2) is 24.3 Å². The first-order valence-electron chi connectivity index (χ1n) is 4.66. The molecule has 0 amide bonds. The van der Waals surface area contributed by atoms with E-state index in [4.69, 9.17) is 28.9 Å². The van der Waals surface area contributed by atoms with Gasteiger partial charge in [0.1, 0.15) is 0 Å². The van der Waals surface area contributed by atoms with E-state index in [0.29, 0.717) is 16.6 Å². The van der Waals surface area contributed by atoms with Crippen LogP contribution in [0.2, 0.25) is 10.0 Å². The second-order valence-electron chi connectivity index (χ2n) is 3.27. The van der Waals surface area contributed by atoms with Crippen molar-refractivity contribution in [1.82, 2.24) is 4.98 Å². The van der Waals surface area contributed by atoms with Crippen LogP contribution in [0.3, 0.4) is 0 Å². The molecule has 2 rings (SSSR count). The van der Waals surface area contributed by atoms with Crippen LogP contribution in [-0.2, 0) is 6.42 Å². The van der Waals surface area contributed by atoms with Gasteiger partial charge in [-0.15, -0.1) is 0 Å². The largest absolute Gasteiger partial charge is 0.330 e. The number of hydrogen-bond acceptors (Lipinski definition) is 2. The second kappa shape index (κ2) is 4.35. The van der Waals surface area contributed by atoms with Gasteiger partial charge in [0.25, 0.3) is 0 Å². The van der Waals surface area contributed by atoms with Crippen LogP contribution in [0.25, 0.3) is 10.9 Å². The molecule has 0 saturated heterocycles. The van der Waals surface area contributed by atoms with Crippen molar-refractivity contribution in [2.45, 2.75) is 6.42 Å². The lowest BCUT2D eigenvalue weighted by atomic mass is 10.2. The molecule has 2 N–H and O–H groups in total. The molecule has 1 aromatic carbocycles. The Hall–Kier alpha value is -0.830. The Morgan fingerprint density at radius 2 is 1.80 bits per heavy atom. The van der Waals surface area contributed by atoms with Gasteiger partial charge >= 0.3 is 0 Å². The lowest BCUT2D eigenvalue weighted by Crippen LogP contribution is -2.04. The number of halogens is 2. The molecule has 0 aliphatic heterocycles. The molecule has 2 aromatic rings. The van der Waals surface area contributed by atoms with Gasteiger partial charge in [0.2, 0.25) is 0 Å². The number of nitrogens with zero attached hydrogens (tertiary/aromatic N) is 1. The fourth-order valence-electron chi connectivity index (χ4n) is 1.48. The maximum atomic E-state index is 6.05. The van der Waals surface area contributed by atoms with Crippen molar-refractivity contribution < 1.29 is 0 Å². The summed E-state index contributed by atoms with van der Waals surface area (Å²) in [6, 6.07) is 7.39. The van der Waals surface area contributed by atoms with Gasteiger partial charge in [0.05, 0.1) is 15.6 Å². The summed E-state index contributed by atoms with van der Waals surface area (Å²) in [5.74, 6) is 0. The molecule has 0 fully saturated rings. The van der Waals surface area contributed by atoms with E-state index < -0.39 is 0 Å². The molecule has 2 nitrogen and oxygen atoms in total. The molecular weight excluding hydrogens is 231 g/mol. The molecule has 1 aromatic heterocycles. The van der Waals surface area contributed by atoms with Crippen LogP contribution in [0.4, 0.5) is 0 Å². The van der Waals surface area contributed by atoms with E-state index in [-0.39, 0.29) is 0 Å². The number of rotatable bonds is 2. The number of hydrogen-bond donors (Lipinski definition) is 1. The van der Waals surface area contributed by atoms with E-state index in [1.807, 2.05) is 12.1 Å². The lowest BCUT2D eigenvalue weighted by molar-refractivity contribution is 0.932. The normalized spacial score (nSPS) is 10.9. The SMILES string of the molecule is NCCc1ccc2c(Cl)ccc(Cl)c2n1. The van der Waals surface area contributed by atoms with E-state index in [2.05, 4.69) is 4.98 Å². The summed E-state index contributed by atoms with van der Waals surface area (Å²) in [7, 11) is 0. The molecule has 0 aliphatic carbocycles. The second-order valence-corrected chi connectivity index (χ2v) is 4.08. The van der Waals surface area contributed by atoms with Gasteiger partial charge in [0, 0.05) is 17.5 Å². The Labute approximate surface area is 98.0 Å². The summed E-state index contributed by atoms with van der Waals surface area (Å²) in [5, 5.41) is 2.17. The Morgan fingerprint density at radius 3 is 2.53 bits per heavy atom. The highest BCUT2D eigenvalue weighted by atomic mass is 35.5. The van der Waals surface area contributed by atoms with Crippen LogP contribution in [0.1, 0.15) is 5.69 Å². The number of fused-ring (bicyclic) bond motifs is 1.